The van der Waals surface area contributed by atoms with Crippen LogP contribution in [-0.4, -0.2) is 21.4 Å². The van der Waals surface area contributed by atoms with Crippen LogP contribution in [0.3, 0.4) is 0 Å². The zero-order valence-electron chi connectivity index (χ0n) is 14.0. The van der Waals surface area contributed by atoms with Gasteiger partial charge < -0.3 is 4.42 Å². The van der Waals surface area contributed by atoms with Gasteiger partial charge in [0.1, 0.15) is 0 Å². The van der Waals surface area contributed by atoms with Gasteiger partial charge in [-0.1, -0.05) is 48.2 Å². The summed E-state index contributed by atoms with van der Waals surface area (Å²) in [6, 6.07) is 12.3. The van der Waals surface area contributed by atoms with E-state index in [1.165, 1.54) is 0 Å². The number of rotatable bonds is 5. The summed E-state index contributed by atoms with van der Waals surface area (Å²) in [6.45, 7) is 4.19. The predicted molar refractivity (Wildman–Crippen MR) is 105 cm³/mol. The van der Waals surface area contributed by atoms with Gasteiger partial charge in [-0.05, 0) is 36.4 Å². The van der Waals surface area contributed by atoms with Gasteiger partial charge in [-0.25, -0.2) is 0 Å². The van der Waals surface area contributed by atoms with Gasteiger partial charge in [-0.15, -0.1) is 16.9 Å². The number of carbonyl (C=O) groups excluding carboxylic acids is 1. The minimum atomic E-state index is -0.325. The van der Waals surface area contributed by atoms with Crippen molar-refractivity contribution in [2.45, 2.75) is 24.0 Å². The number of anilines is 1. The molecule has 0 unspecified atom stereocenters. The molecule has 1 N–H and O–H groups in total. The second-order valence-corrected chi connectivity index (χ2v) is 8.18. The van der Waals surface area contributed by atoms with Crippen LogP contribution < -0.4 is 5.32 Å². The van der Waals surface area contributed by atoms with Gasteiger partial charge in [-0.3, -0.25) is 10.1 Å². The van der Waals surface area contributed by atoms with Gasteiger partial charge in [0.05, 0.1) is 10.6 Å². The Kier molecular flexibility index (Phi) is 5.86. The zero-order valence-corrected chi connectivity index (χ0v) is 16.3. The number of thioether (sulfide) groups is 1. The lowest BCUT2D eigenvalue weighted by Crippen LogP contribution is -2.12. The van der Waals surface area contributed by atoms with E-state index in [1.54, 1.807) is 36.0 Å². The molecule has 3 aromatic rings. The number of aromatic nitrogens is 2. The summed E-state index contributed by atoms with van der Waals surface area (Å²) >= 11 is 13.7. The largest absolute Gasteiger partial charge is 0.403 e. The number of carbonyl (C=O) groups is 1. The maximum Gasteiger partial charge on any atom is 0.322 e. The molecule has 0 aliphatic rings. The molecule has 1 amide bonds. The van der Waals surface area contributed by atoms with Crippen LogP contribution in [0, 0.1) is 0 Å². The fourth-order valence-corrected chi connectivity index (χ4v) is 3.58. The molecule has 1 aromatic heterocycles. The van der Waals surface area contributed by atoms with Crippen molar-refractivity contribution < 1.29 is 9.21 Å². The van der Waals surface area contributed by atoms with E-state index in [0.717, 1.165) is 4.90 Å². The molecule has 3 rings (SSSR count). The third-order valence-electron chi connectivity index (χ3n) is 3.28. The summed E-state index contributed by atoms with van der Waals surface area (Å²) in [5.74, 6) is -0.125. The molecule has 26 heavy (non-hydrogen) atoms. The number of nitrogens with one attached hydrogen (secondary N) is 1. The lowest BCUT2D eigenvalue weighted by Gasteiger charge is -2.06. The van der Waals surface area contributed by atoms with Crippen LogP contribution in [-0.2, 0) is 0 Å². The van der Waals surface area contributed by atoms with Crippen molar-refractivity contribution >= 4 is 46.9 Å². The molecule has 1 heterocycles. The molecule has 0 saturated heterocycles. The average molecular weight is 408 g/mol. The first kappa shape index (κ1) is 18.8. The van der Waals surface area contributed by atoms with Crippen molar-refractivity contribution in [1.29, 1.82) is 0 Å². The predicted octanol–water partition coefficient (Wildman–Crippen LogP) is 5.80. The molecule has 5 nitrogen and oxygen atoms in total. The molecule has 0 atom stereocenters. The lowest BCUT2D eigenvalue weighted by atomic mass is 10.2. The van der Waals surface area contributed by atoms with Gasteiger partial charge in [-0.2, -0.15) is 0 Å². The van der Waals surface area contributed by atoms with Crippen LogP contribution in [0.4, 0.5) is 6.01 Å². The Morgan fingerprint density at radius 2 is 1.96 bits per heavy atom. The number of nitrogens with zero attached hydrogens (tertiary/aromatic N) is 2. The summed E-state index contributed by atoms with van der Waals surface area (Å²) < 4.78 is 5.49. The Balaban J connectivity index is 1.76. The quantitative estimate of drug-likeness (QED) is 0.541. The Hall–Kier alpha value is -2.02. The molecule has 0 radical (unpaired) electrons. The minimum Gasteiger partial charge on any atom is -0.403 e. The van der Waals surface area contributed by atoms with Crippen LogP contribution in [0.15, 0.2) is 51.8 Å². The number of benzene rings is 2. The molecule has 0 bridgehead atoms. The van der Waals surface area contributed by atoms with E-state index in [2.05, 4.69) is 29.4 Å². The topological polar surface area (TPSA) is 68.0 Å². The number of hydrogen-bond donors (Lipinski definition) is 1. The summed E-state index contributed by atoms with van der Waals surface area (Å²) in [5.41, 5.74) is 1.05. The first-order chi connectivity index (χ1) is 12.4. The number of hydrogen-bond acceptors (Lipinski definition) is 5. The van der Waals surface area contributed by atoms with E-state index in [-0.39, 0.29) is 17.8 Å². The monoisotopic (exact) mass is 407 g/mol. The molecule has 0 aliphatic carbocycles. The highest BCUT2D eigenvalue weighted by Crippen LogP contribution is 2.30. The average Bonchev–Trinajstić information content (AvgIpc) is 3.02. The van der Waals surface area contributed by atoms with E-state index in [0.29, 0.717) is 26.4 Å². The second-order valence-electron chi connectivity index (χ2n) is 5.69. The van der Waals surface area contributed by atoms with E-state index in [9.17, 15) is 4.79 Å². The van der Waals surface area contributed by atoms with Crippen LogP contribution in [0.1, 0.15) is 24.2 Å². The SMILES string of the molecule is CC(C)Sc1cccc(C(=O)Nc2nnc(-c3ccc(Cl)cc3Cl)o2)c1. The van der Waals surface area contributed by atoms with E-state index in [4.69, 9.17) is 27.6 Å². The van der Waals surface area contributed by atoms with Gasteiger partial charge >= 0.3 is 6.01 Å². The van der Waals surface area contributed by atoms with Crippen LogP contribution in [0.25, 0.3) is 11.5 Å². The second kappa shape index (κ2) is 8.12. The van der Waals surface area contributed by atoms with Crippen molar-refractivity contribution in [3.05, 3.63) is 58.1 Å². The minimum absolute atomic E-state index is 0.00191. The Labute approximate surface area is 165 Å². The normalized spacial score (nSPS) is 11.0. The summed E-state index contributed by atoms with van der Waals surface area (Å²) in [7, 11) is 0. The fourth-order valence-electron chi connectivity index (χ4n) is 2.20. The van der Waals surface area contributed by atoms with Crippen LogP contribution >= 0.6 is 35.0 Å². The molecular weight excluding hydrogens is 393 g/mol. The number of amides is 1. The van der Waals surface area contributed by atoms with E-state index >= 15 is 0 Å². The van der Waals surface area contributed by atoms with Gasteiger partial charge in [0.2, 0.25) is 0 Å². The highest BCUT2D eigenvalue weighted by molar-refractivity contribution is 7.99. The van der Waals surface area contributed by atoms with Crippen molar-refractivity contribution in [2.75, 3.05) is 5.32 Å². The summed E-state index contributed by atoms with van der Waals surface area (Å²) in [5, 5.41) is 11.7. The van der Waals surface area contributed by atoms with Crippen molar-refractivity contribution in [3.8, 4) is 11.5 Å². The van der Waals surface area contributed by atoms with Crippen molar-refractivity contribution in [1.82, 2.24) is 10.2 Å². The van der Waals surface area contributed by atoms with Crippen molar-refractivity contribution in [2.24, 2.45) is 0 Å². The molecule has 0 saturated carbocycles. The summed E-state index contributed by atoms with van der Waals surface area (Å²) in [4.78, 5) is 13.4. The molecular formula is C18H15Cl2N3O2S. The molecule has 0 aliphatic heterocycles. The Morgan fingerprint density at radius 1 is 1.15 bits per heavy atom. The number of halogens is 2. The van der Waals surface area contributed by atoms with Gasteiger partial charge in [0, 0.05) is 20.7 Å². The fraction of sp³-hybridized carbons (Fsp3) is 0.167. The Bertz CT molecular complexity index is 944. The summed E-state index contributed by atoms with van der Waals surface area (Å²) in [6.07, 6.45) is 0. The lowest BCUT2D eigenvalue weighted by molar-refractivity contribution is 0.102. The third-order valence-corrected chi connectivity index (χ3v) is 4.82. The van der Waals surface area contributed by atoms with E-state index in [1.807, 2.05) is 18.2 Å². The van der Waals surface area contributed by atoms with E-state index < -0.39 is 0 Å². The first-order valence-electron chi connectivity index (χ1n) is 7.79. The third kappa shape index (κ3) is 4.58. The highest BCUT2D eigenvalue weighted by Gasteiger charge is 2.15. The zero-order chi connectivity index (χ0) is 18.7. The molecule has 8 heteroatoms. The van der Waals surface area contributed by atoms with Crippen molar-refractivity contribution in [3.63, 3.8) is 0 Å². The molecule has 0 spiro atoms. The maximum atomic E-state index is 12.4. The molecule has 134 valence electrons. The van der Waals surface area contributed by atoms with Gasteiger partial charge in [0.15, 0.2) is 0 Å². The standard InChI is InChI=1S/C18H15Cl2N3O2S/c1-10(2)26-13-5-3-4-11(8-13)16(24)21-18-23-22-17(25-18)14-7-6-12(19)9-15(14)20/h3-10H,1-2H3,(H,21,23,24). The van der Waals surface area contributed by atoms with Crippen LogP contribution in [0.5, 0.6) is 0 Å². The smallest absolute Gasteiger partial charge is 0.322 e. The molecule has 2 aromatic carbocycles. The van der Waals surface area contributed by atoms with Crippen LogP contribution in [0.2, 0.25) is 10.0 Å². The van der Waals surface area contributed by atoms with Gasteiger partial charge in [0.25, 0.3) is 11.8 Å². The first-order valence-corrected chi connectivity index (χ1v) is 9.43. The Morgan fingerprint density at radius 3 is 2.69 bits per heavy atom. The molecule has 0 fully saturated rings. The highest BCUT2D eigenvalue weighted by atomic mass is 35.5. The maximum absolute atomic E-state index is 12.4.